The molecular weight excluding hydrogens is 465 g/mol. The molecule has 0 aliphatic carbocycles. The van der Waals surface area contributed by atoms with Gasteiger partial charge in [0.05, 0.1) is 0 Å². The van der Waals surface area contributed by atoms with E-state index >= 15 is 0 Å². The SMILES string of the molecule is O=C1CCC(N2Cc3cc(NC(=O)N4CCc5ccccc5C4C(F)(F)F)ccc3C2=O)C(=O)N1. The number of fused-ring (bicyclic) bond motifs is 2. The third-order valence-corrected chi connectivity index (χ3v) is 6.63. The second-order valence-corrected chi connectivity index (χ2v) is 8.79. The fourth-order valence-electron chi connectivity index (χ4n) is 4.99. The number of rotatable bonds is 2. The van der Waals surface area contributed by atoms with Crippen LogP contribution >= 0.6 is 0 Å². The van der Waals surface area contributed by atoms with Gasteiger partial charge in [-0.05, 0) is 47.7 Å². The van der Waals surface area contributed by atoms with Gasteiger partial charge >= 0.3 is 12.2 Å². The lowest BCUT2D eigenvalue weighted by Gasteiger charge is -2.38. The van der Waals surface area contributed by atoms with Crippen LogP contribution < -0.4 is 10.6 Å². The van der Waals surface area contributed by atoms with Gasteiger partial charge in [-0.25, -0.2) is 4.79 Å². The highest BCUT2D eigenvalue weighted by Gasteiger charge is 2.49. The third-order valence-electron chi connectivity index (χ3n) is 6.63. The van der Waals surface area contributed by atoms with Gasteiger partial charge in [0.15, 0.2) is 6.04 Å². The average Bonchev–Trinajstić information content (AvgIpc) is 3.13. The van der Waals surface area contributed by atoms with Crippen LogP contribution in [0.1, 0.15) is 45.9 Å². The van der Waals surface area contributed by atoms with Gasteiger partial charge in [0.1, 0.15) is 6.04 Å². The van der Waals surface area contributed by atoms with Crippen LogP contribution in [-0.2, 0) is 22.6 Å². The number of alkyl halides is 3. The standard InChI is InChI=1S/C24H21F3N4O4/c25-24(26,27)20-16-4-2-1-3-13(16)9-10-30(20)23(35)28-15-5-6-17-14(11-15)12-31(22(17)34)18-7-8-19(32)29-21(18)33/h1-6,11,18,20H,7-10,12H2,(H,28,35)(H,29,32,33). The predicted molar refractivity (Wildman–Crippen MR) is 117 cm³/mol. The zero-order valence-electron chi connectivity index (χ0n) is 18.4. The normalized spacial score (nSPS) is 22.0. The van der Waals surface area contributed by atoms with E-state index in [4.69, 9.17) is 0 Å². The average molecular weight is 486 g/mol. The summed E-state index contributed by atoms with van der Waals surface area (Å²) in [6.07, 6.45) is -4.02. The molecule has 5 amide bonds. The number of anilines is 1. The van der Waals surface area contributed by atoms with Crippen LogP contribution in [0.25, 0.3) is 0 Å². The molecule has 0 aromatic heterocycles. The van der Waals surface area contributed by atoms with Crippen molar-refractivity contribution < 1.29 is 32.3 Å². The molecule has 2 N–H and O–H groups in total. The second-order valence-electron chi connectivity index (χ2n) is 8.79. The highest BCUT2D eigenvalue weighted by molar-refractivity contribution is 6.05. The van der Waals surface area contributed by atoms with Crippen molar-refractivity contribution in [2.24, 2.45) is 0 Å². The Balaban J connectivity index is 1.34. The minimum absolute atomic E-state index is 0.0563. The molecule has 0 spiro atoms. The molecule has 11 heteroatoms. The maximum atomic E-state index is 13.9. The summed E-state index contributed by atoms with van der Waals surface area (Å²) in [5, 5.41) is 4.76. The number of nitrogens with one attached hydrogen (secondary N) is 2. The summed E-state index contributed by atoms with van der Waals surface area (Å²) in [4.78, 5) is 51.5. The third kappa shape index (κ3) is 4.11. The molecule has 1 fully saturated rings. The summed E-state index contributed by atoms with van der Waals surface area (Å²) >= 11 is 0. The lowest BCUT2D eigenvalue weighted by Crippen LogP contribution is -2.52. The number of halogens is 3. The van der Waals surface area contributed by atoms with Crippen LogP contribution in [0.15, 0.2) is 42.5 Å². The molecule has 0 saturated carbocycles. The van der Waals surface area contributed by atoms with E-state index in [-0.39, 0.29) is 43.1 Å². The fraction of sp³-hybridized carbons (Fsp3) is 0.333. The smallest absolute Gasteiger partial charge is 0.322 e. The number of carbonyl (C=O) groups is 4. The van der Waals surface area contributed by atoms with Crippen molar-refractivity contribution in [3.63, 3.8) is 0 Å². The Kier molecular flexibility index (Phi) is 5.49. The Bertz CT molecular complexity index is 1250. The summed E-state index contributed by atoms with van der Waals surface area (Å²) in [6.45, 7) is -0.00778. The van der Waals surface area contributed by atoms with E-state index in [1.807, 2.05) is 0 Å². The molecule has 8 nitrogen and oxygen atoms in total. The lowest BCUT2D eigenvalue weighted by atomic mass is 9.92. The summed E-state index contributed by atoms with van der Waals surface area (Å²) in [7, 11) is 0. The fourth-order valence-corrected chi connectivity index (χ4v) is 4.99. The molecule has 2 aromatic rings. The number of urea groups is 1. The molecule has 5 rings (SSSR count). The van der Waals surface area contributed by atoms with Crippen molar-refractivity contribution in [1.29, 1.82) is 0 Å². The van der Waals surface area contributed by atoms with Crippen molar-refractivity contribution in [3.05, 3.63) is 64.7 Å². The molecule has 3 aliphatic rings. The topological polar surface area (TPSA) is 98.8 Å². The van der Waals surface area contributed by atoms with Gasteiger partial charge in [-0.1, -0.05) is 24.3 Å². The number of nitrogens with zero attached hydrogens (tertiary/aromatic N) is 2. The molecule has 3 aliphatic heterocycles. The molecule has 2 unspecified atom stereocenters. The summed E-state index contributed by atoms with van der Waals surface area (Å²) in [5.74, 6) is -1.31. The van der Waals surface area contributed by atoms with Crippen LogP contribution in [0.5, 0.6) is 0 Å². The molecule has 2 aromatic carbocycles. The Morgan fingerprint density at radius 2 is 1.80 bits per heavy atom. The Labute approximate surface area is 198 Å². The molecular formula is C24H21F3N4O4. The quantitative estimate of drug-likeness (QED) is 0.638. The van der Waals surface area contributed by atoms with Gasteiger partial charge in [0.25, 0.3) is 5.91 Å². The number of imide groups is 1. The maximum Gasteiger partial charge on any atom is 0.413 e. The first kappa shape index (κ1) is 22.9. The molecule has 0 bridgehead atoms. The van der Waals surface area contributed by atoms with E-state index in [1.165, 1.54) is 35.2 Å². The van der Waals surface area contributed by atoms with Gasteiger partial charge in [-0.15, -0.1) is 0 Å². The second kappa shape index (κ2) is 8.40. The van der Waals surface area contributed by atoms with Crippen LogP contribution in [0, 0.1) is 0 Å². The van der Waals surface area contributed by atoms with Crippen LogP contribution in [-0.4, -0.2) is 52.3 Å². The van der Waals surface area contributed by atoms with Gasteiger partial charge in [-0.2, -0.15) is 13.2 Å². The van der Waals surface area contributed by atoms with Crippen molar-refractivity contribution in [1.82, 2.24) is 15.1 Å². The van der Waals surface area contributed by atoms with Crippen LogP contribution in [0.2, 0.25) is 0 Å². The number of piperidine rings is 1. The highest BCUT2D eigenvalue weighted by atomic mass is 19.4. The van der Waals surface area contributed by atoms with Gasteiger partial charge in [0, 0.05) is 30.8 Å². The Morgan fingerprint density at radius 1 is 1.03 bits per heavy atom. The van der Waals surface area contributed by atoms with Gasteiger partial charge in [-0.3, -0.25) is 19.7 Å². The summed E-state index contributed by atoms with van der Waals surface area (Å²) in [5.41, 5.74) is 1.73. The molecule has 1 saturated heterocycles. The maximum absolute atomic E-state index is 13.9. The Hall–Kier alpha value is -3.89. The lowest BCUT2D eigenvalue weighted by molar-refractivity contribution is -0.180. The molecule has 2 atom stereocenters. The predicted octanol–water partition coefficient (Wildman–Crippen LogP) is 3.14. The van der Waals surface area contributed by atoms with Crippen LogP contribution in [0.4, 0.5) is 23.7 Å². The van der Waals surface area contributed by atoms with Gasteiger partial charge < -0.3 is 15.1 Å². The van der Waals surface area contributed by atoms with E-state index in [2.05, 4.69) is 10.6 Å². The number of carbonyl (C=O) groups excluding carboxylic acids is 4. The first-order chi connectivity index (χ1) is 16.6. The van der Waals surface area contributed by atoms with E-state index in [9.17, 15) is 32.3 Å². The highest BCUT2D eigenvalue weighted by Crippen LogP contribution is 2.42. The minimum atomic E-state index is -4.65. The summed E-state index contributed by atoms with van der Waals surface area (Å²) < 4.78 is 41.8. The molecule has 0 radical (unpaired) electrons. The number of amides is 5. The minimum Gasteiger partial charge on any atom is -0.322 e. The van der Waals surface area contributed by atoms with Gasteiger partial charge in [0.2, 0.25) is 11.8 Å². The van der Waals surface area contributed by atoms with Crippen molar-refractivity contribution in [2.45, 2.75) is 44.1 Å². The van der Waals surface area contributed by atoms with E-state index < -0.39 is 36.1 Å². The number of hydrogen-bond donors (Lipinski definition) is 2. The summed E-state index contributed by atoms with van der Waals surface area (Å²) in [6, 6.07) is 6.92. The van der Waals surface area contributed by atoms with Crippen molar-refractivity contribution >= 4 is 29.4 Å². The number of hydrogen-bond acceptors (Lipinski definition) is 4. The zero-order chi connectivity index (χ0) is 24.9. The van der Waals surface area contributed by atoms with E-state index in [0.29, 0.717) is 23.1 Å². The zero-order valence-corrected chi connectivity index (χ0v) is 18.4. The van der Waals surface area contributed by atoms with Crippen molar-refractivity contribution in [3.8, 4) is 0 Å². The first-order valence-electron chi connectivity index (χ1n) is 11.1. The molecule has 182 valence electrons. The van der Waals surface area contributed by atoms with E-state index in [1.54, 1.807) is 12.1 Å². The van der Waals surface area contributed by atoms with Crippen molar-refractivity contribution in [2.75, 3.05) is 11.9 Å². The van der Waals surface area contributed by atoms with Crippen LogP contribution in [0.3, 0.4) is 0 Å². The molecule has 3 heterocycles. The Morgan fingerprint density at radius 3 is 2.54 bits per heavy atom. The monoisotopic (exact) mass is 486 g/mol. The van der Waals surface area contributed by atoms with E-state index in [0.717, 1.165) is 4.90 Å². The largest absolute Gasteiger partial charge is 0.413 e. The first-order valence-corrected chi connectivity index (χ1v) is 11.1. The molecule has 35 heavy (non-hydrogen) atoms. The number of benzene rings is 2.